The fraction of sp³-hybridized carbons (Fsp3) is 0.211. The lowest BCUT2D eigenvalue weighted by atomic mass is 10.1. The van der Waals surface area contributed by atoms with Gasteiger partial charge in [-0.1, -0.05) is 36.4 Å². The quantitative estimate of drug-likeness (QED) is 0.533. The summed E-state index contributed by atoms with van der Waals surface area (Å²) in [6.45, 7) is 8.12. The van der Waals surface area contributed by atoms with Crippen LogP contribution in [0.3, 0.4) is 0 Å². The maximum Gasteiger partial charge on any atom is 0.180 e. The second-order valence-corrected chi connectivity index (χ2v) is 5.52. The third-order valence-corrected chi connectivity index (χ3v) is 3.81. The van der Waals surface area contributed by atoms with Gasteiger partial charge in [-0.05, 0) is 48.7 Å². The van der Waals surface area contributed by atoms with Crippen LogP contribution in [-0.2, 0) is 0 Å². The van der Waals surface area contributed by atoms with Crippen molar-refractivity contribution in [3.05, 3.63) is 64.7 Å². The van der Waals surface area contributed by atoms with E-state index in [2.05, 4.69) is 31.5 Å². The second-order valence-electron chi connectivity index (χ2n) is 5.11. The molecule has 0 saturated heterocycles. The second kappa shape index (κ2) is 7.84. The van der Waals surface area contributed by atoms with Crippen LogP contribution in [0, 0.1) is 13.8 Å². The number of benzene rings is 2. The van der Waals surface area contributed by atoms with E-state index in [1.807, 2.05) is 18.2 Å². The Morgan fingerprint density at radius 1 is 1.26 bits per heavy atom. The highest BCUT2D eigenvalue weighted by molar-refractivity contribution is 6.32. The predicted molar refractivity (Wildman–Crippen MR) is 96.9 cm³/mol. The molecule has 0 N–H and O–H groups in total. The number of aryl methyl sites for hydroxylation is 1. The van der Waals surface area contributed by atoms with E-state index in [0.717, 1.165) is 16.8 Å². The lowest BCUT2D eigenvalue weighted by molar-refractivity contribution is 0.326. The highest BCUT2D eigenvalue weighted by atomic mass is 35.5. The van der Waals surface area contributed by atoms with Gasteiger partial charge in [-0.25, -0.2) is 0 Å². The Kier molecular flexibility index (Phi) is 5.83. The summed E-state index contributed by atoms with van der Waals surface area (Å²) in [6.07, 6.45) is 3.43. The zero-order valence-corrected chi connectivity index (χ0v) is 14.4. The topological polar surface area (TPSA) is 30.8 Å². The molecule has 0 radical (unpaired) electrons. The van der Waals surface area contributed by atoms with Gasteiger partial charge in [-0.2, -0.15) is 0 Å². The van der Waals surface area contributed by atoms with Gasteiger partial charge >= 0.3 is 0 Å². The molecule has 4 heteroatoms. The maximum atomic E-state index is 6.29. The first-order valence-corrected chi connectivity index (χ1v) is 7.66. The Balaban J connectivity index is 2.33. The van der Waals surface area contributed by atoms with E-state index in [1.165, 1.54) is 5.56 Å². The van der Waals surface area contributed by atoms with E-state index in [-0.39, 0.29) is 0 Å². The first kappa shape index (κ1) is 17.1. The van der Waals surface area contributed by atoms with Gasteiger partial charge in [0, 0.05) is 6.21 Å². The smallest absolute Gasteiger partial charge is 0.180 e. The standard InChI is InChI=1S/C19H20ClNO2/c1-5-9-23-19-16(20)10-15(11-18(19)22-4)12-21-17-8-6-7-13(2)14(17)3/h5-8,10-12H,1,9H2,2-4H3. The summed E-state index contributed by atoms with van der Waals surface area (Å²) in [6, 6.07) is 9.70. The molecule has 0 bridgehead atoms. The van der Waals surface area contributed by atoms with Gasteiger partial charge in [0.15, 0.2) is 11.5 Å². The number of hydrogen-bond acceptors (Lipinski definition) is 3. The van der Waals surface area contributed by atoms with E-state index < -0.39 is 0 Å². The SMILES string of the molecule is C=CCOc1c(Cl)cc(C=Nc2cccc(C)c2C)cc1OC. The Labute approximate surface area is 142 Å². The van der Waals surface area contributed by atoms with Crippen LogP contribution in [0.2, 0.25) is 5.02 Å². The van der Waals surface area contributed by atoms with E-state index >= 15 is 0 Å². The van der Waals surface area contributed by atoms with Crippen LogP contribution in [0.4, 0.5) is 5.69 Å². The summed E-state index contributed by atoms with van der Waals surface area (Å²) in [5, 5.41) is 0.480. The van der Waals surface area contributed by atoms with Crippen molar-refractivity contribution in [3.8, 4) is 11.5 Å². The molecule has 0 aliphatic carbocycles. The Hall–Kier alpha value is -2.26. The number of halogens is 1. The van der Waals surface area contributed by atoms with Crippen LogP contribution >= 0.6 is 11.6 Å². The highest BCUT2D eigenvalue weighted by Crippen LogP contribution is 2.36. The molecular weight excluding hydrogens is 310 g/mol. The van der Waals surface area contributed by atoms with Crippen LogP contribution in [0.25, 0.3) is 0 Å². The lowest BCUT2D eigenvalue weighted by Crippen LogP contribution is -1.98. The first-order valence-electron chi connectivity index (χ1n) is 7.28. The molecule has 0 unspecified atom stereocenters. The summed E-state index contributed by atoms with van der Waals surface area (Å²) in [4.78, 5) is 4.55. The largest absolute Gasteiger partial charge is 0.493 e. The first-order chi connectivity index (χ1) is 11.1. The maximum absolute atomic E-state index is 6.29. The third kappa shape index (κ3) is 4.14. The fourth-order valence-electron chi connectivity index (χ4n) is 2.12. The fourth-order valence-corrected chi connectivity index (χ4v) is 2.39. The molecule has 3 nitrogen and oxygen atoms in total. The minimum Gasteiger partial charge on any atom is -0.493 e. The average Bonchev–Trinajstić information content (AvgIpc) is 2.54. The van der Waals surface area contributed by atoms with Crippen LogP contribution in [0.15, 0.2) is 48.0 Å². The average molecular weight is 330 g/mol. The van der Waals surface area contributed by atoms with Crippen molar-refractivity contribution in [3.63, 3.8) is 0 Å². The van der Waals surface area contributed by atoms with Crippen LogP contribution in [0.1, 0.15) is 16.7 Å². The zero-order valence-electron chi connectivity index (χ0n) is 13.6. The molecule has 2 rings (SSSR count). The van der Waals surface area contributed by atoms with E-state index in [9.17, 15) is 0 Å². The molecule has 23 heavy (non-hydrogen) atoms. The summed E-state index contributed by atoms with van der Waals surface area (Å²) in [7, 11) is 1.58. The van der Waals surface area contributed by atoms with Gasteiger partial charge in [-0.3, -0.25) is 4.99 Å². The number of aliphatic imine (C=N–C) groups is 1. The highest BCUT2D eigenvalue weighted by Gasteiger charge is 2.11. The summed E-state index contributed by atoms with van der Waals surface area (Å²) >= 11 is 6.29. The van der Waals surface area contributed by atoms with Gasteiger partial charge in [0.25, 0.3) is 0 Å². The number of rotatable bonds is 6. The summed E-state index contributed by atoms with van der Waals surface area (Å²) < 4.78 is 10.9. The molecular formula is C19H20ClNO2. The van der Waals surface area contributed by atoms with Crippen molar-refractivity contribution in [2.45, 2.75) is 13.8 Å². The van der Waals surface area contributed by atoms with Gasteiger partial charge in [0.2, 0.25) is 0 Å². The number of hydrogen-bond donors (Lipinski definition) is 0. The van der Waals surface area contributed by atoms with Gasteiger partial charge < -0.3 is 9.47 Å². The third-order valence-electron chi connectivity index (χ3n) is 3.53. The number of nitrogens with zero attached hydrogens (tertiary/aromatic N) is 1. The van der Waals surface area contributed by atoms with Crippen molar-refractivity contribution in [2.75, 3.05) is 13.7 Å². The molecule has 0 amide bonds. The molecule has 0 aliphatic heterocycles. The molecule has 2 aromatic rings. The van der Waals surface area contributed by atoms with Gasteiger partial charge in [0.05, 0.1) is 17.8 Å². The number of ether oxygens (including phenoxy) is 2. The van der Waals surface area contributed by atoms with Gasteiger partial charge in [-0.15, -0.1) is 0 Å². The zero-order chi connectivity index (χ0) is 16.8. The predicted octanol–water partition coefficient (Wildman–Crippen LogP) is 5.28. The van der Waals surface area contributed by atoms with Gasteiger partial charge in [0.1, 0.15) is 6.61 Å². The normalized spacial score (nSPS) is 10.8. The summed E-state index contributed by atoms with van der Waals surface area (Å²) in [5.41, 5.74) is 4.15. The molecule has 0 fully saturated rings. The molecule has 120 valence electrons. The Morgan fingerprint density at radius 3 is 2.74 bits per heavy atom. The van der Waals surface area contributed by atoms with Crippen molar-refractivity contribution in [2.24, 2.45) is 4.99 Å². The Bertz CT molecular complexity index is 738. The van der Waals surface area contributed by atoms with Crippen molar-refractivity contribution in [1.29, 1.82) is 0 Å². The Morgan fingerprint density at radius 2 is 2.04 bits per heavy atom. The van der Waals surface area contributed by atoms with E-state index in [0.29, 0.717) is 23.1 Å². The molecule has 0 heterocycles. The molecule has 2 aromatic carbocycles. The summed E-state index contributed by atoms with van der Waals surface area (Å²) in [5.74, 6) is 1.08. The number of methoxy groups -OCH3 is 1. The van der Waals surface area contributed by atoms with E-state index in [1.54, 1.807) is 25.5 Å². The minimum atomic E-state index is 0.367. The molecule has 0 aliphatic rings. The van der Waals surface area contributed by atoms with Crippen molar-refractivity contribution < 1.29 is 9.47 Å². The van der Waals surface area contributed by atoms with Crippen LogP contribution in [-0.4, -0.2) is 19.9 Å². The van der Waals surface area contributed by atoms with Crippen LogP contribution in [0.5, 0.6) is 11.5 Å². The minimum absolute atomic E-state index is 0.367. The van der Waals surface area contributed by atoms with E-state index in [4.69, 9.17) is 21.1 Å². The molecule has 0 atom stereocenters. The molecule has 0 saturated carbocycles. The lowest BCUT2D eigenvalue weighted by Gasteiger charge is -2.12. The van der Waals surface area contributed by atoms with Crippen molar-refractivity contribution >= 4 is 23.5 Å². The molecule has 0 spiro atoms. The monoisotopic (exact) mass is 329 g/mol. The van der Waals surface area contributed by atoms with Crippen molar-refractivity contribution in [1.82, 2.24) is 0 Å². The van der Waals surface area contributed by atoms with Crippen LogP contribution < -0.4 is 9.47 Å². The molecule has 0 aromatic heterocycles.